The third kappa shape index (κ3) is 2.99. The molecule has 3 heteroatoms. The molecule has 2 unspecified atom stereocenters. The minimum Gasteiger partial charge on any atom is -0.488 e. The quantitative estimate of drug-likeness (QED) is 0.920. The summed E-state index contributed by atoms with van der Waals surface area (Å²) >= 11 is 0. The number of aryl methyl sites for hydroxylation is 1. The van der Waals surface area contributed by atoms with Crippen LogP contribution in [0.5, 0.6) is 5.75 Å². The molecule has 0 saturated carbocycles. The Balaban J connectivity index is 1.64. The van der Waals surface area contributed by atoms with E-state index in [0.29, 0.717) is 12.1 Å². The Labute approximate surface area is 122 Å². The summed E-state index contributed by atoms with van der Waals surface area (Å²) in [4.78, 5) is 2.57. The lowest BCUT2D eigenvalue weighted by Gasteiger charge is -2.30. The van der Waals surface area contributed by atoms with Crippen LogP contribution in [0, 0.1) is 6.92 Å². The van der Waals surface area contributed by atoms with Gasteiger partial charge in [0.1, 0.15) is 11.9 Å². The standard InChI is InChI=1S/C17H26N2O/c1-13-6-7-17-14(9-13)10-16(20-17)12-19-8-4-2-3-5-15(19)11-18/h6-7,9,15-16H,2-5,8,10-12,18H2,1H3. The van der Waals surface area contributed by atoms with Gasteiger partial charge >= 0.3 is 0 Å². The molecule has 2 atom stereocenters. The Kier molecular flexibility index (Phi) is 4.27. The Morgan fingerprint density at radius 1 is 1.30 bits per heavy atom. The van der Waals surface area contributed by atoms with Gasteiger partial charge in [-0.25, -0.2) is 0 Å². The summed E-state index contributed by atoms with van der Waals surface area (Å²) in [6.07, 6.45) is 6.57. The number of nitrogens with zero attached hydrogens (tertiary/aromatic N) is 1. The van der Waals surface area contributed by atoms with Crippen molar-refractivity contribution in [3.8, 4) is 5.75 Å². The molecular formula is C17H26N2O. The van der Waals surface area contributed by atoms with Crippen molar-refractivity contribution in [2.75, 3.05) is 19.6 Å². The van der Waals surface area contributed by atoms with E-state index in [2.05, 4.69) is 30.0 Å². The lowest BCUT2D eigenvalue weighted by Crippen LogP contribution is -2.45. The monoisotopic (exact) mass is 274 g/mol. The highest BCUT2D eigenvalue weighted by Gasteiger charge is 2.28. The lowest BCUT2D eigenvalue weighted by atomic mass is 10.1. The fraction of sp³-hybridized carbons (Fsp3) is 0.647. The van der Waals surface area contributed by atoms with Crippen molar-refractivity contribution in [2.45, 2.75) is 51.2 Å². The number of benzene rings is 1. The van der Waals surface area contributed by atoms with Gasteiger partial charge in [0, 0.05) is 25.6 Å². The maximum absolute atomic E-state index is 6.12. The van der Waals surface area contributed by atoms with Crippen molar-refractivity contribution in [3.05, 3.63) is 29.3 Å². The SMILES string of the molecule is Cc1ccc2c(c1)CC(CN1CCCCCC1CN)O2. The Bertz CT molecular complexity index is 460. The molecule has 0 radical (unpaired) electrons. The van der Waals surface area contributed by atoms with Gasteiger partial charge in [-0.3, -0.25) is 4.90 Å². The van der Waals surface area contributed by atoms with Crippen LogP contribution in [0.1, 0.15) is 36.8 Å². The molecule has 1 aromatic carbocycles. The van der Waals surface area contributed by atoms with Crippen molar-refractivity contribution in [1.82, 2.24) is 4.90 Å². The van der Waals surface area contributed by atoms with Gasteiger partial charge in [0.25, 0.3) is 0 Å². The largest absolute Gasteiger partial charge is 0.488 e. The van der Waals surface area contributed by atoms with E-state index in [-0.39, 0.29) is 0 Å². The first kappa shape index (κ1) is 13.9. The van der Waals surface area contributed by atoms with E-state index in [1.807, 2.05) is 0 Å². The third-order valence-electron chi connectivity index (χ3n) is 4.67. The highest BCUT2D eigenvalue weighted by atomic mass is 16.5. The average molecular weight is 274 g/mol. The second kappa shape index (κ2) is 6.15. The summed E-state index contributed by atoms with van der Waals surface area (Å²) in [5, 5.41) is 0. The molecule has 0 amide bonds. The van der Waals surface area contributed by atoms with Crippen molar-refractivity contribution < 1.29 is 4.74 Å². The molecule has 3 rings (SSSR count). The van der Waals surface area contributed by atoms with Crippen molar-refractivity contribution in [2.24, 2.45) is 5.73 Å². The van der Waals surface area contributed by atoms with Gasteiger partial charge < -0.3 is 10.5 Å². The van der Waals surface area contributed by atoms with E-state index < -0.39 is 0 Å². The third-order valence-corrected chi connectivity index (χ3v) is 4.67. The van der Waals surface area contributed by atoms with Crippen LogP contribution in [-0.4, -0.2) is 36.7 Å². The Morgan fingerprint density at radius 2 is 2.20 bits per heavy atom. The maximum atomic E-state index is 6.12. The molecule has 0 spiro atoms. The first-order chi connectivity index (χ1) is 9.76. The first-order valence-electron chi connectivity index (χ1n) is 7.96. The highest BCUT2D eigenvalue weighted by molar-refractivity contribution is 5.40. The first-order valence-corrected chi connectivity index (χ1v) is 7.96. The molecule has 2 heterocycles. The van der Waals surface area contributed by atoms with E-state index in [1.165, 1.54) is 43.4 Å². The number of hydrogen-bond acceptors (Lipinski definition) is 3. The van der Waals surface area contributed by atoms with Crippen LogP contribution in [0.2, 0.25) is 0 Å². The minimum atomic E-state index is 0.305. The van der Waals surface area contributed by atoms with Gasteiger partial charge in [0.2, 0.25) is 0 Å². The summed E-state index contributed by atoms with van der Waals surface area (Å²) in [5.74, 6) is 1.08. The molecule has 1 saturated heterocycles. The predicted octanol–water partition coefficient (Wildman–Crippen LogP) is 2.50. The molecule has 2 aliphatic heterocycles. The number of fused-ring (bicyclic) bond motifs is 1. The molecule has 0 aromatic heterocycles. The zero-order chi connectivity index (χ0) is 13.9. The van der Waals surface area contributed by atoms with E-state index in [0.717, 1.165) is 25.3 Å². The van der Waals surface area contributed by atoms with Crippen molar-refractivity contribution in [3.63, 3.8) is 0 Å². The van der Waals surface area contributed by atoms with E-state index in [1.54, 1.807) is 0 Å². The molecule has 2 aliphatic rings. The van der Waals surface area contributed by atoms with Gasteiger partial charge in [0.15, 0.2) is 0 Å². The fourth-order valence-electron chi connectivity index (χ4n) is 3.56. The molecule has 2 N–H and O–H groups in total. The summed E-state index contributed by atoms with van der Waals surface area (Å²) in [6, 6.07) is 7.06. The lowest BCUT2D eigenvalue weighted by molar-refractivity contribution is 0.120. The molecule has 3 nitrogen and oxygen atoms in total. The zero-order valence-electron chi connectivity index (χ0n) is 12.5. The van der Waals surface area contributed by atoms with Crippen LogP contribution >= 0.6 is 0 Å². The van der Waals surface area contributed by atoms with Crippen LogP contribution in [0.4, 0.5) is 0 Å². The number of rotatable bonds is 3. The predicted molar refractivity (Wildman–Crippen MR) is 82.2 cm³/mol. The van der Waals surface area contributed by atoms with Crippen LogP contribution in [-0.2, 0) is 6.42 Å². The van der Waals surface area contributed by atoms with E-state index >= 15 is 0 Å². The van der Waals surface area contributed by atoms with Gasteiger partial charge in [-0.1, -0.05) is 30.5 Å². The van der Waals surface area contributed by atoms with E-state index in [9.17, 15) is 0 Å². The molecule has 1 aromatic rings. The second-order valence-electron chi connectivity index (χ2n) is 6.29. The second-order valence-corrected chi connectivity index (χ2v) is 6.29. The Hall–Kier alpha value is -1.06. The van der Waals surface area contributed by atoms with Gasteiger partial charge in [-0.2, -0.15) is 0 Å². The van der Waals surface area contributed by atoms with Crippen LogP contribution in [0.15, 0.2) is 18.2 Å². The molecular weight excluding hydrogens is 248 g/mol. The number of likely N-dealkylation sites (tertiary alicyclic amines) is 1. The summed E-state index contributed by atoms with van der Waals surface area (Å²) in [6.45, 7) is 5.12. The van der Waals surface area contributed by atoms with Crippen LogP contribution in [0.25, 0.3) is 0 Å². The summed E-state index contributed by atoms with van der Waals surface area (Å²) in [7, 11) is 0. The Morgan fingerprint density at radius 3 is 3.05 bits per heavy atom. The minimum absolute atomic E-state index is 0.305. The van der Waals surface area contributed by atoms with Crippen LogP contribution < -0.4 is 10.5 Å². The van der Waals surface area contributed by atoms with Crippen molar-refractivity contribution >= 4 is 0 Å². The molecule has 0 aliphatic carbocycles. The highest BCUT2D eigenvalue weighted by Crippen LogP contribution is 2.30. The van der Waals surface area contributed by atoms with Gasteiger partial charge in [0.05, 0.1) is 0 Å². The molecule has 110 valence electrons. The average Bonchev–Trinajstić information content (AvgIpc) is 2.68. The number of ether oxygens (including phenoxy) is 1. The smallest absolute Gasteiger partial charge is 0.123 e. The number of hydrogen-bond donors (Lipinski definition) is 1. The molecule has 1 fully saturated rings. The maximum Gasteiger partial charge on any atom is 0.123 e. The summed E-state index contributed by atoms with van der Waals surface area (Å²) in [5.41, 5.74) is 8.65. The van der Waals surface area contributed by atoms with Crippen molar-refractivity contribution in [1.29, 1.82) is 0 Å². The number of nitrogens with two attached hydrogens (primary N) is 1. The fourth-order valence-corrected chi connectivity index (χ4v) is 3.56. The topological polar surface area (TPSA) is 38.5 Å². The normalized spacial score (nSPS) is 26.9. The molecule has 20 heavy (non-hydrogen) atoms. The van der Waals surface area contributed by atoms with Crippen LogP contribution in [0.3, 0.4) is 0 Å². The molecule has 0 bridgehead atoms. The van der Waals surface area contributed by atoms with Gasteiger partial charge in [-0.05, 0) is 37.9 Å². The van der Waals surface area contributed by atoms with Gasteiger partial charge in [-0.15, -0.1) is 0 Å². The zero-order valence-corrected chi connectivity index (χ0v) is 12.5. The summed E-state index contributed by atoms with van der Waals surface area (Å²) < 4.78 is 6.12. The van der Waals surface area contributed by atoms with E-state index in [4.69, 9.17) is 10.5 Å².